The number of hydrogen-bond donors (Lipinski definition) is 2. The Morgan fingerprint density at radius 1 is 1.39 bits per heavy atom. The number of aliphatic carboxylic acids is 1. The molecule has 1 aliphatic rings. The molecule has 9 heteroatoms. The van der Waals surface area contributed by atoms with E-state index in [9.17, 15) is 14.4 Å². The molecule has 0 bridgehead atoms. The number of nitrogens with one attached hydrogen (secondary N) is 1. The first-order chi connectivity index (χ1) is 11.0. The molecule has 0 unspecified atom stereocenters. The highest BCUT2D eigenvalue weighted by Crippen LogP contribution is 2.33. The molecule has 1 aromatic heterocycles. The van der Waals surface area contributed by atoms with E-state index in [4.69, 9.17) is 17.3 Å². The van der Waals surface area contributed by atoms with Crippen molar-refractivity contribution >= 4 is 63.5 Å². The Balaban J connectivity index is 1.86. The first-order valence-corrected chi connectivity index (χ1v) is 8.85. The van der Waals surface area contributed by atoms with Gasteiger partial charge in [-0.05, 0) is 17.5 Å². The zero-order chi connectivity index (χ0) is 16.8. The average molecular weight is 370 g/mol. The van der Waals surface area contributed by atoms with E-state index in [-0.39, 0.29) is 37.7 Å². The predicted octanol–water partition coefficient (Wildman–Crippen LogP) is 1.93. The maximum Gasteiger partial charge on any atom is 0.305 e. The Labute approximate surface area is 146 Å². The molecule has 0 saturated carbocycles. The molecule has 23 heavy (non-hydrogen) atoms. The molecule has 2 rings (SSSR count). The number of thiophene rings is 1. The fraction of sp³-hybridized carbons (Fsp3) is 0.286. The number of carboxylic acids is 1. The van der Waals surface area contributed by atoms with Crippen LogP contribution in [0.15, 0.2) is 22.4 Å². The summed E-state index contributed by atoms with van der Waals surface area (Å²) in [6.45, 7) is 0.260. The van der Waals surface area contributed by atoms with Gasteiger partial charge in [0.25, 0.3) is 5.91 Å². The van der Waals surface area contributed by atoms with Crippen LogP contribution in [0.2, 0.25) is 0 Å². The summed E-state index contributed by atoms with van der Waals surface area (Å²) in [4.78, 5) is 37.2. The normalized spacial score (nSPS) is 16.2. The van der Waals surface area contributed by atoms with E-state index in [2.05, 4.69) is 5.32 Å². The Kier molecular flexibility index (Phi) is 6.31. The van der Waals surface area contributed by atoms with Gasteiger partial charge in [-0.25, -0.2) is 0 Å². The van der Waals surface area contributed by atoms with Gasteiger partial charge in [0.05, 0.1) is 11.3 Å². The van der Waals surface area contributed by atoms with E-state index in [0.29, 0.717) is 9.23 Å². The molecule has 1 aromatic rings. The number of hydrogen-bond acceptors (Lipinski definition) is 6. The topological polar surface area (TPSA) is 86.7 Å². The number of rotatable bonds is 7. The van der Waals surface area contributed by atoms with Crippen molar-refractivity contribution in [3.63, 3.8) is 0 Å². The molecular weight excluding hydrogens is 356 g/mol. The van der Waals surface area contributed by atoms with Crippen molar-refractivity contribution < 1.29 is 19.5 Å². The Morgan fingerprint density at radius 2 is 2.17 bits per heavy atom. The number of carbonyl (C=O) groups is 3. The van der Waals surface area contributed by atoms with Crippen molar-refractivity contribution in [3.05, 3.63) is 27.3 Å². The summed E-state index contributed by atoms with van der Waals surface area (Å²) < 4.78 is 0.427. The lowest BCUT2D eigenvalue weighted by molar-refractivity contribution is -0.136. The zero-order valence-corrected chi connectivity index (χ0v) is 14.4. The summed E-state index contributed by atoms with van der Waals surface area (Å²) in [7, 11) is 0. The van der Waals surface area contributed by atoms with Crippen LogP contribution < -0.4 is 5.32 Å². The molecule has 0 aromatic carbocycles. The predicted molar refractivity (Wildman–Crippen MR) is 94.1 cm³/mol. The van der Waals surface area contributed by atoms with Gasteiger partial charge in [-0.15, -0.1) is 11.3 Å². The van der Waals surface area contributed by atoms with Crippen molar-refractivity contribution in [2.75, 3.05) is 13.1 Å². The van der Waals surface area contributed by atoms with Gasteiger partial charge in [0.15, 0.2) is 0 Å². The zero-order valence-electron chi connectivity index (χ0n) is 12.0. The highest BCUT2D eigenvalue weighted by Gasteiger charge is 2.32. The van der Waals surface area contributed by atoms with Crippen molar-refractivity contribution in [2.24, 2.45) is 0 Å². The maximum absolute atomic E-state index is 12.3. The molecule has 1 saturated heterocycles. The molecule has 1 fully saturated rings. The fourth-order valence-electron chi connectivity index (χ4n) is 1.81. The molecule has 2 N–H and O–H groups in total. The van der Waals surface area contributed by atoms with Crippen molar-refractivity contribution in [3.8, 4) is 0 Å². The Bertz CT molecular complexity index is 655. The van der Waals surface area contributed by atoms with Gasteiger partial charge in [-0.2, -0.15) is 0 Å². The van der Waals surface area contributed by atoms with Crippen LogP contribution in [0.4, 0.5) is 0 Å². The summed E-state index contributed by atoms with van der Waals surface area (Å²) in [5, 5.41) is 12.9. The van der Waals surface area contributed by atoms with Gasteiger partial charge in [0.2, 0.25) is 5.91 Å². The molecule has 1 aliphatic heterocycles. The molecular formula is C14H14N2O4S3. The van der Waals surface area contributed by atoms with Crippen LogP contribution in [0.3, 0.4) is 0 Å². The SMILES string of the molecule is O=C(O)CCNC(=O)CCN1C(=O)/C(=C/c2cccs2)SC1=S. The minimum absolute atomic E-state index is 0.0742. The van der Waals surface area contributed by atoms with Crippen LogP contribution in [-0.2, 0) is 14.4 Å². The number of thioether (sulfide) groups is 1. The second-order valence-electron chi connectivity index (χ2n) is 4.59. The lowest BCUT2D eigenvalue weighted by atomic mass is 10.3. The number of amides is 2. The maximum atomic E-state index is 12.3. The van der Waals surface area contributed by atoms with Gasteiger partial charge in [0, 0.05) is 24.4 Å². The van der Waals surface area contributed by atoms with E-state index in [1.165, 1.54) is 28.0 Å². The molecule has 2 amide bonds. The lowest BCUT2D eigenvalue weighted by Crippen LogP contribution is -2.34. The molecule has 6 nitrogen and oxygen atoms in total. The van der Waals surface area contributed by atoms with Crippen LogP contribution in [0.25, 0.3) is 6.08 Å². The molecule has 0 aliphatic carbocycles. The van der Waals surface area contributed by atoms with Crippen molar-refractivity contribution in [2.45, 2.75) is 12.8 Å². The molecule has 2 heterocycles. The first kappa shape index (κ1) is 17.6. The Hall–Kier alpha value is -1.71. The highest BCUT2D eigenvalue weighted by molar-refractivity contribution is 8.26. The van der Waals surface area contributed by atoms with Crippen molar-refractivity contribution in [1.82, 2.24) is 10.2 Å². The third-order valence-electron chi connectivity index (χ3n) is 2.91. The Morgan fingerprint density at radius 3 is 2.83 bits per heavy atom. The van der Waals surface area contributed by atoms with Gasteiger partial charge in [0.1, 0.15) is 4.32 Å². The average Bonchev–Trinajstić information content (AvgIpc) is 3.07. The van der Waals surface area contributed by atoms with E-state index in [0.717, 1.165) is 4.88 Å². The van der Waals surface area contributed by atoms with Crippen molar-refractivity contribution in [1.29, 1.82) is 0 Å². The lowest BCUT2D eigenvalue weighted by Gasteiger charge is -2.13. The molecule has 0 atom stereocenters. The minimum Gasteiger partial charge on any atom is -0.481 e. The second-order valence-corrected chi connectivity index (χ2v) is 7.25. The van der Waals surface area contributed by atoms with Gasteiger partial charge < -0.3 is 10.4 Å². The quantitative estimate of drug-likeness (QED) is 0.563. The second kappa shape index (κ2) is 8.23. The third kappa shape index (κ3) is 5.15. The van der Waals surface area contributed by atoms with E-state index in [1.54, 1.807) is 6.08 Å². The third-order valence-corrected chi connectivity index (χ3v) is 5.11. The summed E-state index contributed by atoms with van der Waals surface area (Å²) in [5.74, 6) is -1.48. The summed E-state index contributed by atoms with van der Waals surface area (Å²) in [6, 6.07) is 3.81. The minimum atomic E-state index is -0.971. The van der Waals surface area contributed by atoms with E-state index in [1.807, 2.05) is 17.5 Å². The van der Waals surface area contributed by atoms with Gasteiger partial charge in [-0.3, -0.25) is 19.3 Å². The van der Waals surface area contributed by atoms with Crippen LogP contribution in [0.5, 0.6) is 0 Å². The number of carbonyl (C=O) groups excluding carboxylic acids is 2. The van der Waals surface area contributed by atoms with Crippen LogP contribution in [0.1, 0.15) is 17.7 Å². The van der Waals surface area contributed by atoms with Crippen LogP contribution in [0, 0.1) is 0 Å². The number of thiocarbonyl (C=S) groups is 1. The number of carboxylic acid groups (broad SMARTS) is 1. The number of nitrogens with zero attached hydrogens (tertiary/aromatic N) is 1. The van der Waals surface area contributed by atoms with E-state index >= 15 is 0 Å². The molecule has 0 radical (unpaired) electrons. The van der Waals surface area contributed by atoms with E-state index < -0.39 is 5.97 Å². The summed E-state index contributed by atoms with van der Waals surface area (Å²) in [5.41, 5.74) is 0. The highest BCUT2D eigenvalue weighted by atomic mass is 32.2. The summed E-state index contributed by atoms with van der Waals surface area (Å²) in [6.07, 6.45) is 1.74. The fourth-order valence-corrected chi connectivity index (χ4v) is 3.84. The van der Waals surface area contributed by atoms with Gasteiger partial charge in [-0.1, -0.05) is 30.0 Å². The van der Waals surface area contributed by atoms with Crippen LogP contribution >= 0.6 is 35.3 Å². The molecule has 122 valence electrons. The largest absolute Gasteiger partial charge is 0.481 e. The first-order valence-electron chi connectivity index (χ1n) is 6.74. The summed E-state index contributed by atoms with van der Waals surface area (Å²) >= 11 is 7.93. The monoisotopic (exact) mass is 370 g/mol. The van der Waals surface area contributed by atoms with Crippen LogP contribution in [-0.4, -0.2) is 45.2 Å². The standard InChI is InChI=1S/C14H14N2O4S3/c17-11(15-5-3-12(18)19)4-6-16-13(20)10(23-14(16)21)8-9-2-1-7-22-9/h1-2,7-8H,3-6H2,(H,15,17)(H,18,19)/b10-8-. The molecule has 0 spiro atoms. The van der Waals surface area contributed by atoms with Gasteiger partial charge >= 0.3 is 5.97 Å². The smallest absolute Gasteiger partial charge is 0.305 e.